The van der Waals surface area contributed by atoms with Crippen molar-refractivity contribution in [3.05, 3.63) is 0 Å². The van der Waals surface area contributed by atoms with Gasteiger partial charge in [-0.15, -0.1) is 0 Å². The van der Waals surface area contributed by atoms with Gasteiger partial charge in [-0.25, -0.2) is 4.79 Å². The van der Waals surface area contributed by atoms with Crippen LogP contribution < -0.4 is 11.1 Å². The summed E-state index contributed by atoms with van der Waals surface area (Å²) in [5, 5.41) is 2.04. The molecule has 0 rings (SSSR count). The molecule has 0 heterocycles. The van der Waals surface area contributed by atoms with Gasteiger partial charge >= 0.3 is 29.1 Å². The average Bonchev–Trinajstić information content (AvgIpc) is 2.02. The molecule has 0 fully saturated rings. The summed E-state index contributed by atoms with van der Waals surface area (Å²) >= 11 is 3.26. The van der Waals surface area contributed by atoms with Gasteiger partial charge in [0.05, 0.1) is 0 Å². The lowest BCUT2D eigenvalue weighted by Crippen LogP contribution is -2.46. The van der Waals surface area contributed by atoms with Gasteiger partial charge in [0.25, 0.3) is 0 Å². The highest BCUT2D eigenvalue weighted by molar-refractivity contribution is 9.10. The maximum atomic E-state index is 11.3. The summed E-state index contributed by atoms with van der Waals surface area (Å²) in [5.41, 5.74) is 4.81. The van der Waals surface area contributed by atoms with Crippen LogP contribution in [0.15, 0.2) is 0 Å². The van der Waals surface area contributed by atoms with E-state index in [2.05, 4.69) is 15.9 Å². The van der Waals surface area contributed by atoms with Gasteiger partial charge in [0.1, 0.15) is 4.32 Å². The number of urea groups is 1. The number of carbonyl (C=O) groups excluding carboxylic acids is 2. The molecule has 74 valence electrons. The van der Waals surface area contributed by atoms with E-state index in [4.69, 9.17) is 5.73 Å². The van der Waals surface area contributed by atoms with Crippen LogP contribution in [0.1, 0.15) is 26.7 Å². The van der Waals surface area contributed by atoms with E-state index in [-0.39, 0.29) is 29.0 Å². The quantitative estimate of drug-likeness (QED) is 0.565. The fourth-order valence-electron chi connectivity index (χ4n) is 0.795. The molecule has 0 aromatic heterocycles. The molecule has 3 amide bonds. The highest BCUT2D eigenvalue weighted by Crippen LogP contribution is 2.26. The van der Waals surface area contributed by atoms with Gasteiger partial charge in [-0.2, -0.15) is 0 Å². The van der Waals surface area contributed by atoms with Gasteiger partial charge in [0.15, 0.2) is 0 Å². The zero-order chi connectivity index (χ0) is 9.78. The molecule has 0 saturated carbocycles. The molecular weight excluding hydrogens is 248 g/mol. The lowest BCUT2D eigenvalue weighted by Gasteiger charge is -2.21. The Morgan fingerprint density at radius 1 is 1.38 bits per heavy atom. The van der Waals surface area contributed by atoms with Crippen molar-refractivity contribution in [1.29, 1.82) is 0 Å². The largest absolute Gasteiger partial charge is 0.351 e. The zero-order valence-electron chi connectivity index (χ0n) is 7.19. The third-order valence-corrected chi connectivity index (χ3v) is 3.25. The molecule has 0 aliphatic rings. The summed E-state index contributed by atoms with van der Waals surface area (Å²) in [6, 6.07) is -0.814. The van der Waals surface area contributed by atoms with E-state index in [0.29, 0.717) is 12.8 Å². The molecule has 6 heteroatoms. The molecule has 3 N–H and O–H groups in total. The highest BCUT2D eigenvalue weighted by Gasteiger charge is 2.32. The van der Waals surface area contributed by atoms with Crippen LogP contribution in [0.25, 0.3) is 0 Å². The average molecular weight is 263 g/mol. The van der Waals surface area contributed by atoms with Crippen molar-refractivity contribution in [2.75, 3.05) is 0 Å². The van der Waals surface area contributed by atoms with Crippen LogP contribution in [0.4, 0.5) is 4.79 Å². The smallest absolute Gasteiger partial charge is 0.318 e. The molecule has 0 spiro atoms. The number of hydrogen-bond acceptors (Lipinski definition) is 2. The second kappa shape index (κ2) is 6.61. The Morgan fingerprint density at radius 2 is 1.77 bits per heavy atom. The molecule has 0 bridgehead atoms. The minimum atomic E-state index is -0.814. The molecule has 13 heavy (non-hydrogen) atoms. The van der Waals surface area contributed by atoms with Crippen molar-refractivity contribution >= 4 is 50.9 Å². The van der Waals surface area contributed by atoms with Crippen LogP contribution >= 0.6 is 15.9 Å². The van der Waals surface area contributed by atoms with E-state index in [1.54, 1.807) is 0 Å². The normalized spacial score (nSPS) is 10.1. The number of carbonyl (C=O) groups is 2. The number of nitrogens with one attached hydrogen (secondary N) is 1. The van der Waals surface area contributed by atoms with Gasteiger partial charge in [-0.05, 0) is 12.8 Å². The van der Waals surface area contributed by atoms with Crippen LogP contribution in [-0.4, -0.2) is 39.3 Å². The van der Waals surface area contributed by atoms with Crippen molar-refractivity contribution in [3.8, 4) is 0 Å². The van der Waals surface area contributed by atoms with Crippen molar-refractivity contribution in [1.82, 2.24) is 5.32 Å². The van der Waals surface area contributed by atoms with E-state index in [1.807, 2.05) is 19.2 Å². The van der Waals surface area contributed by atoms with Gasteiger partial charge in [-0.3, -0.25) is 10.1 Å². The lowest BCUT2D eigenvalue weighted by atomic mass is 10.0. The molecule has 0 saturated heterocycles. The molecule has 0 atom stereocenters. The molecule has 0 aliphatic heterocycles. The molecule has 0 aromatic rings. The number of halogens is 1. The third kappa shape index (κ3) is 4.83. The number of alkyl halides is 1. The molecular formula is C7H15BrMgN2O2. The molecule has 4 nitrogen and oxygen atoms in total. The van der Waals surface area contributed by atoms with Crippen LogP contribution in [-0.2, 0) is 4.79 Å². The van der Waals surface area contributed by atoms with Crippen molar-refractivity contribution in [2.24, 2.45) is 5.73 Å². The van der Waals surface area contributed by atoms with Crippen LogP contribution in [0, 0.1) is 0 Å². The summed E-state index contributed by atoms with van der Waals surface area (Å²) in [6.45, 7) is 3.72. The number of rotatable bonds is 3. The lowest BCUT2D eigenvalue weighted by molar-refractivity contribution is -0.122. The van der Waals surface area contributed by atoms with Crippen molar-refractivity contribution in [2.45, 2.75) is 31.0 Å². The topological polar surface area (TPSA) is 72.2 Å². The number of amides is 3. The summed E-state index contributed by atoms with van der Waals surface area (Å²) in [6.07, 6.45) is 1.23. The first-order valence-corrected chi connectivity index (χ1v) is 4.55. The Bertz CT molecular complexity index is 195. The van der Waals surface area contributed by atoms with E-state index >= 15 is 0 Å². The number of nitrogens with two attached hydrogens (primary N) is 1. The fourth-order valence-corrected chi connectivity index (χ4v) is 0.894. The monoisotopic (exact) mass is 262 g/mol. The zero-order valence-corrected chi connectivity index (χ0v) is 8.77. The summed E-state index contributed by atoms with van der Waals surface area (Å²) in [4.78, 5) is 21.6. The van der Waals surface area contributed by atoms with Crippen LogP contribution in [0.5, 0.6) is 0 Å². The predicted molar refractivity (Wildman–Crippen MR) is 58.5 cm³/mol. The first-order valence-electron chi connectivity index (χ1n) is 3.76. The molecule has 0 aliphatic carbocycles. The summed E-state index contributed by atoms with van der Waals surface area (Å²) < 4.78 is -0.665. The first-order chi connectivity index (χ1) is 5.46. The maximum absolute atomic E-state index is 11.3. The summed E-state index contributed by atoms with van der Waals surface area (Å²) in [5.74, 6) is -0.375. The Hall–Kier alpha value is 0.186. The van der Waals surface area contributed by atoms with E-state index < -0.39 is 10.4 Å². The van der Waals surface area contributed by atoms with Gasteiger partial charge in [0, 0.05) is 0 Å². The van der Waals surface area contributed by atoms with Crippen molar-refractivity contribution in [3.63, 3.8) is 0 Å². The predicted octanol–water partition coefficient (Wildman–Crippen LogP) is 0.219. The Balaban J connectivity index is 0. The van der Waals surface area contributed by atoms with E-state index in [1.165, 1.54) is 0 Å². The number of hydrogen-bond donors (Lipinski definition) is 2. The van der Waals surface area contributed by atoms with Gasteiger partial charge in [0.2, 0.25) is 5.91 Å². The Labute approximate surface area is 102 Å². The van der Waals surface area contributed by atoms with Crippen molar-refractivity contribution < 1.29 is 9.59 Å². The second-order valence-corrected chi connectivity index (χ2v) is 4.01. The standard InChI is InChI=1S/C7H13BrN2O2.Mg.2H/c1-3-7(8,4-2)5(11)10-6(9)12;;;/h3-4H2,1-2H3,(H3,9,10,11,12);;;. The van der Waals surface area contributed by atoms with Gasteiger partial charge < -0.3 is 5.73 Å². The number of imide groups is 1. The van der Waals surface area contributed by atoms with E-state index in [0.717, 1.165) is 0 Å². The maximum Gasteiger partial charge on any atom is 0.318 e. The summed E-state index contributed by atoms with van der Waals surface area (Å²) in [7, 11) is 0. The minimum absolute atomic E-state index is 0. The third-order valence-electron chi connectivity index (χ3n) is 1.76. The SMILES string of the molecule is CCC(Br)(CC)C(=O)NC(N)=O.[MgH2]. The molecule has 0 aromatic carbocycles. The molecule has 0 radical (unpaired) electrons. The van der Waals surface area contributed by atoms with Crippen LogP contribution in [0.3, 0.4) is 0 Å². The Morgan fingerprint density at radius 3 is 2.00 bits per heavy atom. The molecule has 0 unspecified atom stereocenters. The number of primary amides is 1. The van der Waals surface area contributed by atoms with E-state index in [9.17, 15) is 9.59 Å². The highest BCUT2D eigenvalue weighted by atomic mass is 79.9. The van der Waals surface area contributed by atoms with Crippen LogP contribution in [0.2, 0.25) is 0 Å². The minimum Gasteiger partial charge on any atom is -0.351 e. The first kappa shape index (κ1) is 15.6. The second-order valence-electron chi connectivity index (χ2n) is 2.49. The fraction of sp³-hybridized carbons (Fsp3) is 0.714. The van der Waals surface area contributed by atoms with Gasteiger partial charge in [-0.1, -0.05) is 29.8 Å². The Kier molecular flexibility index (Phi) is 7.96.